The molecule has 0 saturated carbocycles. The van der Waals surface area contributed by atoms with Gasteiger partial charge in [0, 0.05) is 12.3 Å². The molecule has 0 saturated heterocycles. The van der Waals surface area contributed by atoms with Crippen molar-refractivity contribution in [3.8, 4) is 5.75 Å². The molecule has 5 nitrogen and oxygen atoms in total. The maximum atomic E-state index is 13.4. The first-order valence-electron chi connectivity index (χ1n) is 9.08. The van der Waals surface area contributed by atoms with E-state index in [9.17, 15) is 14.5 Å². The van der Waals surface area contributed by atoms with E-state index in [2.05, 4.69) is 0 Å². The molecule has 2 rings (SSSR count). The van der Waals surface area contributed by atoms with Gasteiger partial charge < -0.3 is 14.4 Å². The van der Waals surface area contributed by atoms with E-state index in [1.807, 2.05) is 37.3 Å². The molecular formula is C21H27O5P. The number of rotatable bonds is 10. The van der Waals surface area contributed by atoms with Crippen molar-refractivity contribution in [2.45, 2.75) is 26.4 Å². The zero-order valence-electron chi connectivity index (χ0n) is 15.8. The average Bonchev–Trinajstić information content (AvgIpc) is 2.68. The first-order valence-corrected chi connectivity index (χ1v) is 11.1. The van der Waals surface area contributed by atoms with Crippen LogP contribution in [0, 0.1) is 5.92 Å². The summed E-state index contributed by atoms with van der Waals surface area (Å²) in [5.41, 5.74) is 1.82. The normalized spacial score (nSPS) is 14.3. The van der Waals surface area contributed by atoms with E-state index in [1.165, 1.54) is 7.11 Å². The summed E-state index contributed by atoms with van der Waals surface area (Å²) in [6, 6.07) is 16.2. The van der Waals surface area contributed by atoms with Crippen molar-refractivity contribution in [2.75, 3.05) is 19.4 Å². The molecule has 0 aromatic heterocycles. The lowest BCUT2D eigenvalue weighted by atomic mass is 10.0. The number of carbonyl (C=O) groups is 1. The van der Waals surface area contributed by atoms with Crippen LogP contribution in [0.5, 0.6) is 5.75 Å². The first kappa shape index (κ1) is 21.2. The van der Waals surface area contributed by atoms with Crippen LogP contribution in [0.25, 0.3) is 0 Å². The van der Waals surface area contributed by atoms with Crippen molar-refractivity contribution < 1.29 is 23.7 Å². The van der Waals surface area contributed by atoms with Gasteiger partial charge in [-0.25, -0.2) is 0 Å². The number of phenols is 1. The second-order valence-corrected chi connectivity index (χ2v) is 9.27. The van der Waals surface area contributed by atoms with Gasteiger partial charge in [-0.15, -0.1) is 0 Å². The number of esters is 1. The molecule has 0 amide bonds. The molecular weight excluding hydrogens is 363 g/mol. The predicted octanol–water partition coefficient (Wildman–Crippen LogP) is 4.63. The van der Waals surface area contributed by atoms with Crippen LogP contribution in [0.2, 0.25) is 0 Å². The van der Waals surface area contributed by atoms with E-state index in [0.29, 0.717) is 19.0 Å². The summed E-state index contributed by atoms with van der Waals surface area (Å²) >= 11 is 0. The molecule has 0 radical (unpaired) electrons. The van der Waals surface area contributed by atoms with Gasteiger partial charge in [0.2, 0.25) is 7.37 Å². The average molecular weight is 390 g/mol. The van der Waals surface area contributed by atoms with Crippen LogP contribution in [0.3, 0.4) is 0 Å². The van der Waals surface area contributed by atoms with Gasteiger partial charge in [0.1, 0.15) is 5.75 Å². The summed E-state index contributed by atoms with van der Waals surface area (Å²) in [5.74, 6) is -0.799. The van der Waals surface area contributed by atoms with Crippen molar-refractivity contribution in [3.05, 3.63) is 65.7 Å². The molecule has 0 bridgehead atoms. The Morgan fingerprint density at radius 2 is 1.74 bits per heavy atom. The largest absolute Gasteiger partial charge is 0.508 e. The highest BCUT2D eigenvalue weighted by molar-refractivity contribution is 7.59. The van der Waals surface area contributed by atoms with Gasteiger partial charge in [-0.3, -0.25) is 9.36 Å². The standard InChI is InChI=1S/C21H27O5P/c1-3-13-27(24,26-15-18-7-5-4-6-8-18)16-19(21(23)25-2)14-17-9-11-20(22)12-10-17/h4-12,19,22H,3,13-16H2,1-2H3/t19-,27?/m0/s1. The molecule has 0 fully saturated rings. The SMILES string of the molecule is CCCP(=O)(C[C@H](Cc1ccc(O)cc1)C(=O)OC)OCc1ccccc1. The van der Waals surface area contributed by atoms with E-state index >= 15 is 0 Å². The second kappa shape index (κ2) is 10.3. The van der Waals surface area contributed by atoms with Crippen LogP contribution in [-0.2, 0) is 31.6 Å². The van der Waals surface area contributed by atoms with Gasteiger partial charge in [0.25, 0.3) is 0 Å². The molecule has 146 valence electrons. The number of carbonyl (C=O) groups excluding carboxylic acids is 1. The maximum Gasteiger partial charge on any atom is 0.309 e. The smallest absolute Gasteiger partial charge is 0.309 e. The zero-order chi connectivity index (χ0) is 19.7. The van der Waals surface area contributed by atoms with Gasteiger partial charge in [0.15, 0.2) is 0 Å². The quantitative estimate of drug-likeness (QED) is 0.473. The molecule has 6 heteroatoms. The second-order valence-electron chi connectivity index (χ2n) is 6.57. The summed E-state index contributed by atoms with van der Waals surface area (Å²) in [6.07, 6.45) is 1.65. The highest BCUT2D eigenvalue weighted by Gasteiger charge is 2.32. The Morgan fingerprint density at radius 3 is 2.33 bits per heavy atom. The number of phenolic OH excluding ortho intramolecular Hbond substituents is 1. The van der Waals surface area contributed by atoms with Crippen molar-refractivity contribution >= 4 is 13.3 Å². The number of methoxy groups -OCH3 is 1. The third-order valence-corrected chi connectivity index (χ3v) is 7.05. The lowest BCUT2D eigenvalue weighted by Crippen LogP contribution is -2.23. The van der Waals surface area contributed by atoms with Crippen LogP contribution in [0.15, 0.2) is 54.6 Å². The summed E-state index contributed by atoms with van der Waals surface area (Å²) < 4.78 is 24.2. The molecule has 0 spiro atoms. The first-order chi connectivity index (χ1) is 13.0. The molecule has 2 aromatic rings. The maximum absolute atomic E-state index is 13.4. The van der Waals surface area contributed by atoms with Crippen molar-refractivity contribution in [2.24, 2.45) is 5.92 Å². The van der Waals surface area contributed by atoms with E-state index in [4.69, 9.17) is 9.26 Å². The topological polar surface area (TPSA) is 72.8 Å². The molecule has 1 unspecified atom stereocenters. The molecule has 0 aliphatic rings. The Balaban J connectivity index is 2.12. The Kier molecular flexibility index (Phi) is 8.08. The van der Waals surface area contributed by atoms with Crippen molar-refractivity contribution in [1.29, 1.82) is 0 Å². The Morgan fingerprint density at radius 1 is 1.07 bits per heavy atom. The zero-order valence-corrected chi connectivity index (χ0v) is 16.7. The molecule has 2 aromatic carbocycles. The van der Waals surface area contributed by atoms with E-state index < -0.39 is 19.3 Å². The fourth-order valence-corrected chi connectivity index (χ4v) is 5.39. The van der Waals surface area contributed by atoms with E-state index in [-0.39, 0.29) is 18.5 Å². The summed E-state index contributed by atoms with van der Waals surface area (Å²) in [5, 5.41) is 9.42. The molecule has 0 heterocycles. The predicted molar refractivity (Wildman–Crippen MR) is 106 cm³/mol. The van der Waals surface area contributed by atoms with Crippen LogP contribution in [-0.4, -0.2) is 30.5 Å². The monoisotopic (exact) mass is 390 g/mol. The summed E-state index contributed by atoms with van der Waals surface area (Å²) in [4.78, 5) is 12.3. The fourth-order valence-electron chi connectivity index (χ4n) is 2.96. The minimum Gasteiger partial charge on any atom is -0.508 e. The van der Waals surface area contributed by atoms with Gasteiger partial charge in [0.05, 0.1) is 19.6 Å². The van der Waals surface area contributed by atoms with Crippen LogP contribution >= 0.6 is 7.37 Å². The van der Waals surface area contributed by atoms with Gasteiger partial charge in [-0.2, -0.15) is 0 Å². The van der Waals surface area contributed by atoms with Crippen molar-refractivity contribution in [1.82, 2.24) is 0 Å². The third-order valence-electron chi connectivity index (χ3n) is 4.33. The number of hydrogen-bond acceptors (Lipinski definition) is 5. The molecule has 1 N–H and O–H groups in total. The minimum atomic E-state index is -3.00. The molecule has 2 atom stereocenters. The summed E-state index contributed by atoms with van der Waals surface area (Å²) in [6.45, 7) is 2.21. The van der Waals surface area contributed by atoms with Crippen molar-refractivity contribution in [3.63, 3.8) is 0 Å². The Hall–Kier alpha value is -2.10. The summed E-state index contributed by atoms with van der Waals surface area (Å²) in [7, 11) is -1.67. The van der Waals surface area contributed by atoms with Crippen LogP contribution in [0.4, 0.5) is 0 Å². The number of benzene rings is 2. The number of aromatic hydroxyl groups is 1. The Labute approximate surface area is 160 Å². The lowest BCUT2D eigenvalue weighted by Gasteiger charge is -2.23. The van der Waals surface area contributed by atoms with Gasteiger partial charge >= 0.3 is 5.97 Å². The highest BCUT2D eigenvalue weighted by atomic mass is 31.2. The van der Waals surface area contributed by atoms with Gasteiger partial charge in [-0.1, -0.05) is 49.4 Å². The fraction of sp³-hybridized carbons (Fsp3) is 0.381. The highest BCUT2D eigenvalue weighted by Crippen LogP contribution is 2.50. The van der Waals surface area contributed by atoms with E-state index in [0.717, 1.165) is 11.1 Å². The van der Waals surface area contributed by atoms with Crippen LogP contribution in [0.1, 0.15) is 24.5 Å². The third kappa shape index (κ3) is 6.85. The minimum absolute atomic E-state index is 0.140. The number of ether oxygens (including phenoxy) is 1. The number of hydrogen-bond donors (Lipinski definition) is 1. The Bertz CT molecular complexity index is 758. The van der Waals surface area contributed by atoms with Gasteiger partial charge in [-0.05, 0) is 36.1 Å². The molecule has 0 aliphatic carbocycles. The lowest BCUT2D eigenvalue weighted by molar-refractivity contribution is -0.144. The van der Waals surface area contributed by atoms with Crippen LogP contribution < -0.4 is 0 Å². The van der Waals surface area contributed by atoms with E-state index in [1.54, 1.807) is 24.3 Å². The molecule has 0 aliphatic heterocycles. The molecule has 27 heavy (non-hydrogen) atoms.